The topological polar surface area (TPSA) is 84.2 Å². The number of aliphatic hydroxyl groups excluding tert-OH is 1. The Morgan fingerprint density at radius 1 is 1.47 bits per heavy atom. The molecular weight excluding hydrogens is 290 g/mol. The number of rotatable bonds is 6. The van der Waals surface area contributed by atoms with Crippen molar-refractivity contribution in [1.82, 2.24) is 14.5 Å². The normalized spacial score (nSPS) is 14.1. The van der Waals surface area contributed by atoms with Gasteiger partial charge in [0, 0.05) is 13.6 Å². The average Bonchev–Trinajstić information content (AvgIpc) is 2.50. The summed E-state index contributed by atoms with van der Waals surface area (Å²) in [7, 11) is -2.19. The van der Waals surface area contributed by atoms with Crippen LogP contribution in [0.2, 0.25) is 5.15 Å². The van der Waals surface area contributed by atoms with E-state index >= 15 is 0 Å². The van der Waals surface area contributed by atoms with E-state index in [0.29, 0.717) is 18.0 Å². The minimum Gasteiger partial charge on any atom is -0.392 e. The molecule has 0 spiro atoms. The first-order valence-electron chi connectivity index (χ1n) is 6.02. The summed E-state index contributed by atoms with van der Waals surface area (Å²) in [6, 6.07) is 0. The van der Waals surface area contributed by atoms with Crippen molar-refractivity contribution in [1.29, 1.82) is 0 Å². The summed E-state index contributed by atoms with van der Waals surface area (Å²) >= 11 is 5.92. The molecule has 1 rings (SSSR count). The van der Waals surface area contributed by atoms with Crippen LogP contribution in [0.1, 0.15) is 26.0 Å². The van der Waals surface area contributed by atoms with Crippen LogP contribution in [-0.4, -0.2) is 36.0 Å². The maximum Gasteiger partial charge on any atom is 0.245 e. The van der Waals surface area contributed by atoms with Gasteiger partial charge in [0.15, 0.2) is 0 Å². The molecule has 0 bridgehead atoms. The summed E-state index contributed by atoms with van der Waals surface area (Å²) in [5.74, 6) is 0.295. The van der Waals surface area contributed by atoms with Crippen molar-refractivity contribution >= 4 is 21.6 Å². The molecule has 0 aromatic carbocycles. The van der Waals surface area contributed by atoms with Crippen LogP contribution in [-0.2, 0) is 17.1 Å². The maximum atomic E-state index is 12.1. The Morgan fingerprint density at radius 2 is 2.05 bits per heavy atom. The fourth-order valence-corrected chi connectivity index (χ4v) is 3.64. The highest BCUT2D eigenvalue weighted by molar-refractivity contribution is 7.89. The van der Waals surface area contributed by atoms with Gasteiger partial charge >= 0.3 is 0 Å². The summed E-state index contributed by atoms with van der Waals surface area (Å²) < 4.78 is 27.9. The molecule has 1 heterocycles. The van der Waals surface area contributed by atoms with Crippen LogP contribution < -0.4 is 4.72 Å². The third-order valence-electron chi connectivity index (χ3n) is 2.62. The summed E-state index contributed by atoms with van der Waals surface area (Å²) in [4.78, 5) is -0.0339. The molecule has 0 radical (unpaired) electrons. The van der Waals surface area contributed by atoms with Crippen LogP contribution >= 0.6 is 11.6 Å². The van der Waals surface area contributed by atoms with Gasteiger partial charge in [-0.2, -0.15) is 5.10 Å². The van der Waals surface area contributed by atoms with Crippen molar-refractivity contribution in [2.45, 2.75) is 38.2 Å². The van der Waals surface area contributed by atoms with Gasteiger partial charge < -0.3 is 5.11 Å². The van der Waals surface area contributed by atoms with E-state index < -0.39 is 16.1 Å². The van der Waals surface area contributed by atoms with Gasteiger partial charge in [0.05, 0.1) is 11.8 Å². The van der Waals surface area contributed by atoms with Crippen LogP contribution in [0.3, 0.4) is 0 Å². The number of sulfonamides is 1. The Balaban J connectivity index is 2.82. The van der Waals surface area contributed by atoms with Crippen molar-refractivity contribution in [3.63, 3.8) is 0 Å². The number of nitrogens with zero attached hydrogens (tertiary/aromatic N) is 2. The minimum absolute atomic E-state index is 0.0339. The molecule has 2 N–H and O–H groups in total. The van der Waals surface area contributed by atoms with Crippen molar-refractivity contribution in [3.8, 4) is 0 Å². The van der Waals surface area contributed by atoms with Crippen LogP contribution in [0.5, 0.6) is 0 Å². The van der Waals surface area contributed by atoms with E-state index in [1.54, 1.807) is 14.0 Å². The summed E-state index contributed by atoms with van der Waals surface area (Å²) in [6.07, 6.45) is -0.187. The zero-order valence-corrected chi connectivity index (χ0v) is 13.1. The smallest absolute Gasteiger partial charge is 0.245 e. The minimum atomic E-state index is -3.76. The van der Waals surface area contributed by atoms with Crippen LogP contribution in [0, 0.1) is 12.8 Å². The predicted octanol–water partition coefficient (Wildman–Crippen LogP) is 1.07. The third kappa shape index (κ3) is 4.17. The number of nitrogens with one attached hydrogen (secondary N) is 1. The summed E-state index contributed by atoms with van der Waals surface area (Å²) in [5.41, 5.74) is 0.332. The SMILES string of the molecule is Cc1nn(C)c(Cl)c1S(=O)(=O)NCC(O)CC(C)C. The van der Waals surface area contributed by atoms with Gasteiger partial charge in [-0.1, -0.05) is 25.4 Å². The molecule has 0 fully saturated rings. The molecule has 0 amide bonds. The summed E-state index contributed by atoms with van der Waals surface area (Å²) in [6.45, 7) is 5.45. The first kappa shape index (κ1) is 16.4. The second kappa shape index (κ2) is 6.21. The molecule has 1 unspecified atom stereocenters. The van der Waals surface area contributed by atoms with Crippen LogP contribution in [0.25, 0.3) is 0 Å². The number of hydrogen-bond acceptors (Lipinski definition) is 4. The lowest BCUT2D eigenvalue weighted by atomic mass is 10.1. The third-order valence-corrected chi connectivity index (χ3v) is 4.74. The molecule has 0 aliphatic rings. The zero-order valence-electron chi connectivity index (χ0n) is 11.5. The van der Waals surface area contributed by atoms with Crippen molar-refractivity contribution in [2.75, 3.05) is 6.54 Å². The molecule has 1 aromatic heterocycles. The predicted molar refractivity (Wildman–Crippen MR) is 73.6 cm³/mol. The lowest BCUT2D eigenvalue weighted by Gasteiger charge is -2.14. The van der Waals surface area contributed by atoms with Gasteiger partial charge in [-0.3, -0.25) is 4.68 Å². The fraction of sp³-hybridized carbons (Fsp3) is 0.727. The van der Waals surface area contributed by atoms with Crippen molar-refractivity contribution < 1.29 is 13.5 Å². The van der Waals surface area contributed by atoms with E-state index in [4.69, 9.17) is 11.6 Å². The maximum absolute atomic E-state index is 12.1. The molecule has 1 aromatic rings. The number of halogens is 1. The van der Waals surface area contributed by atoms with Gasteiger partial charge in [0.1, 0.15) is 10.0 Å². The van der Waals surface area contributed by atoms with Gasteiger partial charge in [-0.15, -0.1) is 0 Å². The Bertz CT molecular complexity index is 540. The van der Waals surface area contributed by atoms with Gasteiger partial charge in [0.2, 0.25) is 10.0 Å². The van der Waals surface area contributed by atoms with E-state index in [2.05, 4.69) is 9.82 Å². The van der Waals surface area contributed by atoms with E-state index in [-0.39, 0.29) is 16.6 Å². The molecule has 19 heavy (non-hydrogen) atoms. The number of aromatic nitrogens is 2. The molecule has 0 saturated heterocycles. The number of hydrogen-bond donors (Lipinski definition) is 2. The van der Waals surface area contributed by atoms with Crippen LogP contribution in [0.15, 0.2) is 4.90 Å². The molecular formula is C11H20ClN3O3S. The molecule has 0 saturated carbocycles. The Morgan fingerprint density at radius 3 is 2.47 bits per heavy atom. The quantitative estimate of drug-likeness (QED) is 0.823. The van der Waals surface area contributed by atoms with Gasteiger partial charge in [0.25, 0.3) is 0 Å². The number of aliphatic hydroxyl groups is 1. The van der Waals surface area contributed by atoms with Gasteiger partial charge in [-0.25, -0.2) is 13.1 Å². The first-order chi connectivity index (χ1) is 8.65. The standard InChI is InChI=1S/C11H20ClN3O3S/c1-7(2)5-9(16)6-13-19(17,18)10-8(3)14-15(4)11(10)12/h7,9,13,16H,5-6H2,1-4H3. The van der Waals surface area contributed by atoms with Crippen molar-refractivity contribution in [2.24, 2.45) is 13.0 Å². The lowest BCUT2D eigenvalue weighted by Crippen LogP contribution is -2.33. The Labute approximate surface area is 118 Å². The highest BCUT2D eigenvalue weighted by Gasteiger charge is 2.25. The second-order valence-corrected chi connectivity index (χ2v) is 7.03. The molecule has 6 nitrogen and oxygen atoms in total. The lowest BCUT2D eigenvalue weighted by molar-refractivity contribution is 0.152. The van der Waals surface area contributed by atoms with E-state index in [9.17, 15) is 13.5 Å². The average molecular weight is 310 g/mol. The Hall–Kier alpha value is -0.630. The first-order valence-corrected chi connectivity index (χ1v) is 7.88. The second-order valence-electron chi connectivity index (χ2n) is 4.96. The monoisotopic (exact) mass is 309 g/mol. The molecule has 8 heteroatoms. The highest BCUT2D eigenvalue weighted by Crippen LogP contribution is 2.23. The molecule has 0 aliphatic carbocycles. The van der Waals surface area contributed by atoms with E-state index in [1.165, 1.54) is 4.68 Å². The molecule has 0 aliphatic heterocycles. The van der Waals surface area contributed by atoms with E-state index in [0.717, 1.165) is 0 Å². The molecule has 1 atom stereocenters. The van der Waals surface area contributed by atoms with E-state index in [1.807, 2.05) is 13.8 Å². The number of aryl methyl sites for hydroxylation is 2. The fourth-order valence-electron chi connectivity index (χ4n) is 1.82. The van der Waals surface area contributed by atoms with Gasteiger partial charge in [-0.05, 0) is 19.3 Å². The zero-order chi connectivity index (χ0) is 14.8. The summed E-state index contributed by atoms with van der Waals surface area (Å²) in [5, 5.41) is 13.7. The highest BCUT2D eigenvalue weighted by atomic mass is 35.5. The molecule has 110 valence electrons. The Kier molecular flexibility index (Phi) is 5.37. The largest absolute Gasteiger partial charge is 0.392 e. The van der Waals surface area contributed by atoms with Crippen molar-refractivity contribution in [3.05, 3.63) is 10.8 Å². The van der Waals surface area contributed by atoms with Crippen LogP contribution in [0.4, 0.5) is 0 Å².